The molecular weight excluding hydrogens is 404 g/mol. The lowest BCUT2D eigenvalue weighted by molar-refractivity contribution is 0.249. The number of aromatic nitrogens is 2. The van der Waals surface area contributed by atoms with Crippen molar-refractivity contribution in [2.24, 2.45) is 5.92 Å². The van der Waals surface area contributed by atoms with E-state index < -0.39 is 0 Å². The van der Waals surface area contributed by atoms with Gasteiger partial charge in [0, 0.05) is 29.5 Å². The molecule has 1 fully saturated rings. The van der Waals surface area contributed by atoms with Gasteiger partial charge < -0.3 is 15.3 Å². The molecule has 1 aliphatic heterocycles. The van der Waals surface area contributed by atoms with Crippen molar-refractivity contribution >= 4 is 27.6 Å². The van der Waals surface area contributed by atoms with Crippen LogP contribution in [0.1, 0.15) is 49.6 Å². The zero-order chi connectivity index (χ0) is 19.0. The highest BCUT2D eigenvalue weighted by Crippen LogP contribution is 2.39. The quantitative estimate of drug-likeness (QED) is 0.721. The van der Waals surface area contributed by atoms with Crippen LogP contribution in [0.25, 0.3) is 0 Å². The average molecular weight is 431 g/mol. The summed E-state index contributed by atoms with van der Waals surface area (Å²) >= 11 is 3.57. The first kappa shape index (κ1) is 18.7. The number of rotatable bonds is 6. The molecular formula is C21H27BrN4O. The molecule has 1 atom stereocenters. The van der Waals surface area contributed by atoms with E-state index in [0.29, 0.717) is 11.8 Å². The molecule has 1 saturated carbocycles. The largest absolute Gasteiger partial charge is 0.394 e. The lowest BCUT2D eigenvalue weighted by Gasteiger charge is -2.31. The summed E-state index contributed by atoms with van der Waals surface area (Å²) in [6.45, 7) is 6.14. The Balaban J connectivity index is 1.61. The monoisotopic (exact) mass is 430 g/mol. The Bertz CT molecular complexity index is 822. The van der Waals surface area contributed by atoms with E-state index in [0.717, 1.165) is 41.4 Å². The van der Waals surface area contributed by atoms with Crippen molar-refractivity contribution in [3.05, 3.63) is 45.7 Å². The van der Waals surface area contributed by atoms with Gasteiger partial charge in [-0.2, -0.15) is 0 Å². The normalized spacial score (nSPS) is 17.7. The van der Waals surface area contributed by atoms with Crippen molar-refractivity contribution in [1.82, 2.24) is 9.97 Å². The van der Waals surface area contributed by atoms with E-state index in [9.17, 15) is 5.11 Å². The highest BCUT2D eigenvalue weighted by atomic mass is 79.9. The Kier molecular flexibility index (Phi) is 5.37. The van der Waals surface area contributed by atoms with Crippen LogP contribution in [0.3, 0.4) is 0 Å². The first-order chi connectivity index (χ1) is 13.0. The zero-order valence-corrected chi connectivity index (χ0v) is 17.5. The van der Waals surface area contributed by atoms with Crippen LogP contribution in [0.4, 0.5) is 11.6 Å². The molecule has 2 aliphatic rings. The number of fused-ring (bicyclic) bond motifs is 1. The second-order valence-electron chi connectivity index (χ2n) is 8.01. The number of halogens is 1. The van der Waals surface area contributed by atoms with Gasteiger partial charge >= 0.3 is 0 Å². The first-order valence-electron chi connectivity index (χ1n) is 9.82. The number of anilines is 2. The number of benzene rings is 1. The number of nitrogens with zero attached hydrogens (tertiary/aromatic N) is 3. The van der Waals surface area contributed by atoms with Crippen molar-refractivity contribution in [1.29, 1.82) is 0 Å². The van der Waals surface area contributed by atoms with Crippen LogP contribution in [0.15, 0.2) is 28.7 Å². The van der Waals surface area contributed by atoms with Crippen LogP contribution in [0.2, 0.25) is 0 Å². The lowest BCUT2D eigenvalue weighted by Crippen LogP contribution is -2.32. The summed E-state index contributed by atoms with van der Waals surface area (Å²) < 4.78 is 1.14. The van der Waals surface area contributed by atoms with E-state index in [2.05, 4.69) is 58.2 Å². The Labute approximate surface area is 169 Å². The Morgan fingerprint density at radius 2 is 2.04 bits per heavy atom. The van der Waals surface area contributed by atoms with Gasteiger partial charge in [0.25, 0.3) is 0 Å². The first-order valence-corrected chi connectivity index (χ1v) is 10.6. The van der Waals surface area contributed by atoms with Gasteiger partial charge in [-0.05, 0) is 48.4 Å². The molecule has 1 aromatic carbocycles. The molecule has 0 saturated heterocycles. The summed E-state index contributed by atoms with van der Waals surface area (Å²) in [5.74, 6) is 3.58. The van der Waals surface area contributed by atoms with E-state index in [1.807, 2.05) is 6.07 Å². The molecule has 2 N–H and O–H groups in total. The lowest BCUT2D eigenvalue weighted by atomic mass is 10.00. The van der Waals surface area contributed by atoms with Gasteiger partial charge in [0.05, 0.1) is 12.6 Å². The molecule has 4 rings (SSSR count). The number of hydrogen-bond donors (Lipinski definition) is 2. The SMILES string of the molecule is CC(C)[C@H](CO)Nc1cc(N2CCc3cc(Br)ccc3C2)nc(C2CC2)n1. The summed E-state index contributed by atoms with van der Waals surface area (Å²) in [6.07, 6.45) is 3.37. The highest BCUT2D eigenvalue weighted by Gasteiger charge is 2.29. The molecule has 144 valence electrons. The van der Waals surface area contributed by atoms with Gasteiger partial charge in [0.15, 0.2) is 0 Å². The van der Waals surface area contributed by atoms with Crippen molar-refractivity contribution in [3.63, 3.8) is 0 Å². The third-order valence-corrected chi connectivity index (χ3v) is 6.00. The van der Waals surface area contributed by atoms with Crippen LogP contribution in [0, 0.1) is 5.92 Å². The van der Waals surface area contributed by atoms with Crippen LogP contribution in [-0.4, -0.2) is 34.3 Å². The molecule has 0 spiro atoms. The molecule has 1 aliphatic carbocycles. The van der Waals surface area contributed by atoms with Crippen molar-refractivity contribution in [3.8, 4) is 0 Å². The van der Waals surface area contributed by atoms with Gasteiger partial charge in [-0.25, -0.2) is 9.97 Å². The summed E-state index contributed by atoms with van der Waals surface area (Å²) in [7, 11) is 0. The number of nitrogens with one attached hydrogen (secondary N) is 1. The molecule has 2 aromatic rings. The molecule has 0 unspecified atom stereocenters. The van der Waals surface area contributed by atoms with Crippen molar-refractivity contribution in [2.75, 3.05) is 23.4 Å². The fourth-order valence-corrected chi connectivity index (χ4v) is 3.95. The van der Waals surface area contributed by atoms with E-state index in [1.54, 1.807) is 0 Å². The predicted molar refractivity (Wildman–Crippen MR) is 112 cm³/mol. The fourth-order valence-electron chi connectivity index (χ4n) is 3.54. The smallest absolute Gasteiger partial charge is 0.136 e. The summed E-state index contributed by atoms with van der Waals surface area (Å²) in [4.78, 5) is 12.0. The third-order valence-electron chi connectivity index (χ3n) is 5.51. The van der Waals surface area contributed by atoms with Crippen molar-refractivity contribution < 1.29 is 5.11 Å². The fraction of sp³-hybridized carbons (Fsp3) is 0.524. The second-order valence-corrected chi connectivity index (χ2v) is 8.92. The summed E-state index contributed by atoms with van der Waals surface area (Å²) in [6, 6.07) is 8.58. The van der Waals surface area contributed by atoms with Gasteiger partial charge in [-0.15, -0.1) is 0 Å². The minimum Gasteiger partial charge on any atom is -0.394 e. The predicted octanol–water partition coefficient (Wildman–Crippen LogP) is 4.11. The number of hydrogen-bond acceptors (Lipinski definition) is 5. The zero-order valence-electron chi connectivity index (χ0n) is 16.0. The highest BCUT2D eigenvalue weighted by molar-refractivity contribution is 9.10. The molecule has 6 heteroatoms. The van der Waals surface area contributed by atoms with E-state index >= 15 is 0 Å². The van der Waals surface area contributed by atoms with Gasteiger partial charge in [-0.1, -0.05) is 35.8 Å². The summed E-state index contributed by atoms with van der Waals surface area (Å²) in [5, 5.41) is 13.1. The van der Waals surface area contributed by atoms with E-state index in [-0.39, 0.29) is 12.6 Å². The van der Waals surface area contributed by atoms with Crippen molar-refractivity contribution in [2.45, 2.75) is 51.6 Å². The standard InChI is InChI=1S/C21H27BrN4O/c1-13(2)18(12-27)23-19-10-20(25-21(24-19)14-3-4-14)26-8-7-15-9-17(22)6-5-16(15)11-26/h5-6,9-10,13-14,18,27H,3-4,7-8,11-12H2,1-2H3,(H,23,24,25)/t18-/m0/s1. The van der Waals surface area contributed by atoms with Crippen LogP contribution < -0.4 is 10.2 Å². The van der Waals surface area contributed by atoms with E-state index in [4.69, 9.17) is 9.97 Å². The molecule has 2 heterocycles. The van der Waals surface area contributed by atoms with Gasteiger partial charge in [-0.3, -0.25) is 0 Å². The van der Waals surface area contributed by atoms with Gasteiger partial charge in [0.2, 0.25) is 0 Å². The Hall–Kier alpha value is -1.66. The average Bonchev–Trinajstić information content (AvgIpc) is 3.50. The Morgan fingerprint density at radius 1 is 1.22 bits per heavy atom. The number of aliphatic hydroxyl groups excluding tert-OH is 1. The third kappa shape index (κ3) is 4.27. The molecule has 1 aromatic heterocycles. The topological polar surface area (TPSA) is 61.3 Å². The molecule has 5 nitrogen and oxygen atoms in total. The number of aliphatic hydroxyl groups is 1. The van der Waals surface area contributed by atoms with Gasteiger partial charge in [0.1, 0.15) is 17.5 Å². The summed E-state index contributed by atoms with van der Waals surface area (Å²) in [5.41, 5.74) is 2.77. The molecule has 0 radical (unpaired) electrons. The molecule has 0 amide bonds. The van der Waals surface area contributed by atoms with Crippen LogP contribution >= 0.6 is 15.9 Å². The maximum absolute atomic E-state index is 9.68. The molecule has 0 bridgehead atoms. The maximum Gasteiger partial charge on any atom is 0.136 e. The minimum atomic E-state index is -0.000708. The van der Waals surface area contributed by atoms with Crippen LogP contribution in [-0.2, 0) is 13.0 Å². The van der Waals surface area contributed by atoms with E-state index in [1.165, 1.54) is 24.0 Å². The maximum atomic E-state index is 9.68. The second kappa shape index (κ2) is 7.76. The Morgan fingerprint density at radius 3 is 2.74 bits per heavy atom. The van der Waals surface area contributed by atoms with Crippen LogP contribution in [0.5, 0.6) is 0 Å². The minimum absolute atomic E-state index is 0.000708. The molecule has 27 heavy (non-hydrogen) atoms.